The highest BCUT2D eigenvalue weighted by Crippen LogP contribution is 2.47. The van der Waals surface area contributed by atoms with Crippen molar-refractivity contribution in [3.05, 3.63) is 57.6 Å². The van der Waals surface area contributed by atoms with Gasteiger partial charge in [0.2, 0.25) is 5.75 Å². The average Bonchev–Trinajstić information content (AvgIpc) is 3.26. The lowest BCUT2D eigenvalue weighted by atomic mass is 9.74. The van der Waals surface area contributed by atoms with E-state index in [2.05, 4.69) is 16.2 Å². The van der Waals surface area contributed by atoms with Crippen LogP contribution < -0.4 is 30.4 Å². The van der Waals surface area contributed by atoms with Crippen LogP contribution in [0, 0.1) is 22.0 Å². The van der Waals surface area contributed by atoms with Crippen LogP contribution in [0.4, 0.5) is 5.69 Å². The predicted octanol–water partition coefficient (Wildman–Crippen LogP) is 2.15. The molecule has 0 aromatic heterocycles. The van der Waals surface area contributed by atoms with Crippen molar-refractivity contribution < 1.29 is 29.0 Å². The van der Waals surface area contributed by atoms with Gasteiger partial charge in [-0.2, -0.15) is 0 Å². The number of non-ortho nitro benzene ring substituents is 1. The van der Waals surface area contributed by atoms with Gasteiger partial charge in [0.15, 0.2) is 11.5 Å². The van der Waals surface area contributed by atoms with Crippen molar-refractivity contribution >= 4 is 11.7 Å². The molecule has 0 spiro atoms. The van der Waals surface area contributed by atoms with Crippen molar-refractivity contribution in [2.75, 3.05) is 21.3 Å². The van der Waals surface area contributed by atoms with Crippen LogP contribution in [0.2, 0.25) is 0 Å². The minimum atomic E-state index is -0.933. The summed E-state index contributed by atoms with van der Waals surface area (Å²) in [5, 5.41) is 24.8. The van der Waals surface area contributed by atoms with E-state index in [0.29, 0.717) is 22.8 Å². The minimum Gasteiger partial charge on any atom is -0.493 e. The molecule has 2 aliphatic rings. The summed E-state index contributed by atoms with van der Waals surface area (Å²) in [5.41, 5.74) is 7.63. The molecule has 2 fully saturated rings. The van der Waals surface area contributed by atoms with Crippen molar-refractivity contribution in [3.63, 3.8) is 0 Å². The number of piperidine rings is 1. The maximum absolute atomic E-state index is 12.3. The Morgan fingerprint density at radius 2 is 1.85 bits per heavy atom. The maximum atomic E-state index is 12.3. The summed E-state index contributed by atoms with van der Waals surface area (Å²) in [7, 11) is 4.57. The third kappa shape index (κ3) is 4.06. The number of carboxylic acid groups (broad SMARTS) is 1. The number of ether oxygens (including phenoxy) is 3. The number of hydrogen-bond acceptors (Lipinski definition) is 9. The minimum absolute atomic E-state index is 0.0404. The van der Waals surface area contributed by atoms with E-state index < -0.39 is 29.0 Å². The molecular formula is C22H26N4O7. The molecule has 2 aromatic carbocycles. The van der Waals surface area contributed by atoms with Crippen molar-refractivity contribution in [1.82, 2.24) is 16.2 Å². The van der Waals surface area contributed by atoms with Crippen LogP contribution in [0.3, 0.4) is 0 Å². The number of rotatable bonds is 7. The molecule has 176 valence electrons. The second-order valence-corrected chi connectivity index (χ2v) is 8.00. The molecule has 0 amide bonds. The first-order valence-electron chi connectivity index (χ1n) is 10.4. The molecule has 5 unspecified atom stereocenters. The molecule has 2 saturated heterocycles. The molecule has 33 heavy (non-hydrogen) atoms. The Labute approximate surface area is 190 Å². The lowest BCUT2D eigenvalue weighted by Gasteiger charge is -2.39. The highest BCUT2D eigenvalue weighted by molar-refractivity contribution is 5.71. The van der Waals surface area contributed by atoms with Crippen molar-refractivity contribution in [3.8, 4) is 17.2 Å². The zero-order valence-electron chi connectivity index (χ0n) is 18.4. The van der Waals surface area contributed by atoms with Gasteiger partial charge in [0.05, 0.1) is 44.4 Å². The standard InChI is InChI=1S/C22H26N4O7/c1-31-16-8-7-13(19(32-2)20(16)33-3)15-10-14(22(27)28)17-18(24-25-21(17)23-15)11-5-4-6-12(9-11)26(29)30/h4-9,14-15,17-18,21,23-25H,10H2,1-3H3,(H,27,28). The molecule has 0 aliphatic carbocycles. The topological polar surface area (TPSA) is 144 Å². The first-order chi connectivity index (χ1) is 15.9. The summed E-state index contributed by atoms with van der Waals surface area (Å²) in [6, 6.07) is 9.07. The Morgan fingerprint density at radius 3 is 2.48 bits per heavy atom. The zero-order chi connectivity index (χ0) is 23.7. The highest BCUT2D eigenvalue weighted by atomic mass is 16.6. The number of carbonyl (C=O) groups is 1. The van der Waals surface area contributed by atoms with Crippen LogP contribution in [0.1, 0.15) is 29.6 Å². The lowest BCUT2D eigenvalue weighted by molar-refractivity contribution is -0.384. The predicted molar refractivity (Wildman–Crippen MR) is 117 cm³/mol. The Bertz CT molecular complexity index is 1060. The number of fused-ring (bicyclic) bond motifs is 1. The second-order valence-electron chi connectivity index (χ2n) is 8.00. The Balaban J connectivity index is 1.68. The van der Waals surface area contributed by atoms with Gasteiger partial charge < -0.3 is 19.3 Å². The number of benzene rings is 2. The van der Waals surface area contributed by atoms with Crippen molar-refractivity contribution in [2.45, 2.75) is 24.7 Å². The van der Waals surface area contributed by atoms with Gasteiger partial charge in [0.25, 0.3) is 5.69 Å². The number of nitro groups is 1. The van der Waals surface area contributed by atoms with Gasteiger partial charge in [0, 0.05) is 29.7 Å². The van der Waals surface area contributed by atoms with Crippen LogP contribution in [0.15, 0.2) is 36.4 Å². The van der Waals surface area contributed by atoms with Gasteiger partial charge in [-0.25, -0.2) is 10.9 Å². The molecular weight excluding hydrogens is 432 g/mol. The number of nitrogens with zero attached hydrogens (tertiary/aromatic N) is 1. The van der Waals surface area contributed by atoms with Crippen LogP contribution in [0.25, 0.3) is 0 Å². The fourth-order valence-electron chi connectivity index (χ4n) is 4.90. The molecule has 0 bridgehead atoms. The van der Waals surface area contributed by atoms with Crippen molar-refractivity contribution in [1.29, 1.82) is 0 Å². The average molecular weight is 458 g/mol. The number of nitro benzene ring substituents is 1. The summed E-state index contributed by atoms with van der Waals surface area (Å²) in [6.07, 6.45) is -0.108. The van der Waals surface area contributed by atoms with Gasteiger partial charge in [-0.1, -0.05) is 12.1 Å². The Kier molecular flexibility index (Phi) is 6.36. The van der Waals surface area contributed by atoms with Gasteiger partial charge >= 0.3 is 5.97 Å². The van der Waals surface area contributed by atoms with Gasteiger partial charge in [-0.15, -0.1) is 0 Å². The smallest absolute Gasteiger partial charge is 0.307 e. The van der Waals surface area contributed by atoms with Crippen LogP contribution in [0.5, 0.6) is 17.2 Å². The first kappa shape index (κ1) is 22.8. The summed E-state index contributed by atoms with van der Waals surface area (Å²) >= 11 is 0. The Hall–Kier alpha value is -3.41. The molecule has 11 nitrogen and oxygen atoms in total. The van der Waals surface area contributed by atoms with E-state index in [4.69, 9.17) is 14.2 Å². The highest BCUT2D eigenvalue weighted by Gasteiger charge is 2.50. The number of nitrogens with one attached hydrogen (secondary N) is 3. The van der Waals surface area contributed by atoms with Gasteiger partial charge in [-0.3, -0.25) is 20.2 Å². The zero-order valence-corrected chi connectivity index (χ0v) is 18.4. The molecule has 2 aliphatic heterocycles. The number of hydrogen-bond donors (Lipinski definition) is 4. The number of methoxy groups -OCH3 is 3. The van der Waals surface area contributed by atoms with E-state index in [1.54, 1.807) is 18.2 Å². The summed E-state index contributed by atoms with van der Waals surface area (Å²) in [6.45, 7) is 0. The van der Waals surface area contributed by atoms with Crippen molar-refractivity contribution in [2.24, 2.45) is 11.8 Å². The monoisotopic (exact) mass is 458 g/mol. The number of hydrazine groups is 1. The third-order valence-electron chi connectivity index (χ3n) is 6.37. The molecule has 0 radical (unpaired) electrons. The first-order valence-corrected chi connectivity index (χ1v) is 10.4. The third-order valence-corrected chi connectivity index (χ3v) is 6.37. The quantitative estimate of drug-likeness (QED) is 0.360. The fourth-order valence-corrected chi connectivity index (χ4v) is 4.90. The molecule has 2 heterocycles. The fraction of sp³-hybridized carbons (Fsp3) is 0.409. The molecule has 4 rings (SSSR count). The second kappa shape index (κ2) is 9.22. The SMILES string of the molecule is COc1ccc(C2CC(C(=O)O)C3C(NNC3c3cccc([N+](=O)[O-])c3)N2)c(OC)c1OC. The van der Waals surface area contributed by atoms with Crippen LogP contribution >= 0.6 is 0 Å². The maximum Gasteiger partial charge on any atom is 0.307 e. The number of carboxylic acids is 1. The van der Waals surface area contributed by atoms with E-state index in [9.17, 15) is 20.0 Å². The van der Waals surface area contributed by atoms with Gasteiger partial charge in [0.1, 0.15) is 0 Å². The van der Waals surface area contributed by atoms with Crippen LogP contribution in [-0.4, -0.2) is 43.5 Å². The molecule has 4 N–H and O–H groups in total. The molecule has 0 saturated carbocycles. The molecule has 11 heteroatoms. The van der Waals surface area contributed by atoms with E-state index in [0.717, 1.165) is 5.56 Å². The largest absolute Gasteiger partial charge is 0.493 e. The summed E-state index contributed by atoms with van der Waals surface area (Å²) in [5.74, 6) is -0.638. The summed E-state index contributed by atoms with van der Waals surface area (Å²) in [4.78, 5) is 23.1. The normalized spacial score (nSPS) is 26.3. The summed E-state index contributed by atoms with van der Waals surface area (Å²) < 4.78 is 16.4. The van der Waals surface area contributed by atoms with Crippen LogP contribution in [-0.2, 0) is 4.79 Å². The lowest BCUT2D eigenvalue weighted by Crippen LogP contribution is -2.53. The van der Waals surface area contributed by atoms with E-state index in [1.165, 1.54) is 33.5 Å². The molecule has 2 aromatic rings. The number of aliphatic carboxylic acids is 1. The Morgan fingerprint density at radius 1 is 1.09 bits per heavy atom. The van der Waals surface area contributed by atoms with E-state index in [1.807, 2.05) is 6.07 Å². The van der Waals surface area contributed by atoms with Gasteiger partial charge in [-0.05, 0) is 24.1 Å². The van der Waals surface area contributed by atoms with E-state index in [-0.39, 0.29) is 24.1 Å². The molecule has 5 atom stereocenters. The van der Waals surface area contributed by atoms with E-state index >= 15 is 0 Å².